The summed E-state index contributed by atoms with van der Waals surface area (Å²) in [6.07, 6.45) is 0. The Labute approximate surface area is 71.6 Å². The molecule has 1 aromatic carbocycles. The Hall–Kier alpha value is -1.85. The zero-order chi connectivity index (χ0) is 9.26. The first-order chi connectivity index (χ1) is 6.27. The Bertz CT molecular complexity index is 412. The molecule has 0 saturated heterocycles. The second-order valence-corrected chi connectivity index (χ2v) is 2.36. The van der Waals surface area contributed by atoms with Crippen molar-refractivity contribution in [3.63, 3.8) is 0 Å². The molecule has 0 fully saturated rings. The number of hydrogen-bond donors (Lipinski definition) is 1. The molecule has 0 atom stereocenters. The molecular formula is C7H4F2N4. The molecule has 0 aliphatic carbocycles. The molecule has 4 nitrogen and oxygen atoms in total. The third-order valence-electron chi connectivity index (χ3n) is 1.51. The number of tetrazole rings is 1. The standard InChI is InChI=1S/C7H4F2N4/c8-4-1-2-6(9)5(3-4)7-10-12-13-11-7/h1-3H,(H,10,11,12,13). The number of hydrogen-bond acceptors (Lipinski definition) is 3. The number of benzene rings is 1. The Morgan fingerprint density at radius 3 is 2.77 bits per heavy atom. The fraction of sp³-hybridized carbons (Fsp3) is 0. The Morgan fingerprint density at radius 2 is 2.08 bits per heavy atom. The third kappa shape index (κ3) is 1.37. The maximum atomic E-state index is 13.0. The average Bonchev–Trinajstić information content (AvgIpc) is 2.61. The van der Waals surface area contributed by atoms with Crippen LogP contribution in [-0.2, 0) is 0 Å². The highest BCUT2D eigenvalue weighted by Crippen LogP contribution is 2.18. The van der Waals surface area contributed by atoms with Gasteiger partial charge in [0, 0.05) is 0 Å². The predicted octanol–water partition coefficient (Wildman–Crippen LogP) is 1.14. The van der Waals surface area contributed by atoms with Crippen molar-refractivity contribution in [1.82, 2.24) is 20.6 Å². The van der Waals surface area contributed by atoms with Crippen LogP contribution in [0.15, 0.2) is 18.2 Å². The molecule has 6 heteroatoms. The Morgan fingerprint density at radius 1 is 1.23 bits per heavy atom. The van der Waals surface area contributed by atoms with Crippen LogP contribution in [0, 0.1) is 11.6 Å². The van der Waals surface area contributed by atoms with Gasteiger partial charge < -0.3 is 0 Å². The summed E-state index contributed by atoms with van der Waals surface area (Å²) in [5.41, 5.74) is -0.00579. The maximum Gasteiger partial charge on any atom is 0.207 e. The molecule has 1 N–H and O–H groups in total. The number of aromatic amines is 1. The maximum absolute atomic E-state index is 13.0. The molecule has 0 aliphatic heterocycles. The Kier molecular flexibility index (Phi) is 1.73. The Balaban J connectivity index is 2.57. The summed E-state index contributed by atoms with van der Waals surface area (Å²) in [5, 5.41) is 12.5. The first kappa shape index (κ1) is 7.78. The number of rotatable bonds is 1. The first-order valence-electron chi connectivity index (χ1n) is 3.46. The minimum Gasteiger partial charge on any atom is -0.207 e. The van der Waals surface area contributed by atoms with E-state index in [4.69, 9.17) is 0 Å². The van der Waals surface area contributed by atoms with Crippen molar-refractivity contribution < 1.29 is 8.78 Å². The summed E-state index contributed by atoms with van der Waals surface area (Å²) in [6.45, 7) is 0. The quantitative estimate of drug-likeness (QED) is 0.719. The summed E-state index contributed by atoms with van der Waals surface area (Å²) >= 11 is 0. The SMILES string of the molecule is Fc1ccc(F)c(-c2nn[nH]n2)c1. The van der Waals surface area contributed by atoms with E-state index in [2.05, 4.69) is 20.6 Å². The second kappa shape index (κ2) is 2.89. The molecule has 0 spiro atoms. The number of H-pyrrole nitrogens is 1. The summed E-state index contributed by atoms with van der Waals surface area (Å²) in [4.78, 5) is 0. The van der Waals surface area contributed by atoms with E-state index in [0.717, 1.165) is 18.2 Å². The molecule has 0 saturated carbocycles. The number of aromatic nitrogens is 4. The van der Waals surface area contributed by atoms with E-state index >= 15 is 0 Å². The first-order valence-corrected chi connectivity index (χ1v) is 3.46. The van der Waals surface area contributed by atoms with E-state index in [0.29, 0.717) is 0 Å². The normalized spacial score (nSPS) is 10.3. The van der Waals surface area contributed by atoms with Gasteiger partial charge in [-0.15, -0.1) is 10.2 Å². The molecule has 0 aliphatic rings. The molecule has 0 amide bonds. The molecule has 0 bridgehead atoms. The molecule has 2 rings (SSSR count). The molecular weight excluding hydrogens is 178 g/mol. The van der Waals surface area contributed by atoms with Gasteiger partial charge in [0.25, 0.3) is 0 Å². The predicted molar refractivity (Wildman–Crippen MR) is 39.5 cm³/mol. The highest BCUT2D eigenvalue weighted by molar-refractivity contribution is 5.54. The van der Waals surface area contributed by atoms with Crippen LogP contribution in [0.2, 0.25) is 0 Å². The lowest BCUT2D eigenvalue weighted by Gasteiger charge is -1.96. The van der Waals surface area contributed by atoms with Gasteiger partial charge in [-0.25, -0.2) is 8.78 Å². The topological polar surface area (TPSA) is 54.5 Å². The van der Waals surface area contributed by atoms with Crippen LogP contribution in [0.3, 0.4) is 0 Å². The molecule has 2 aromatic rings. The van der Waals surface area contributed by atoms with Gasteiger partial charge in [-0.05, 0) is 23.4 Å². The van der Waals surface area contributed by atoms with Crippen molar-refractivity contribution in [3.05, 3.63) is 29.8 Å². The largest absolute Gasteiger partial charge is 0.207 e. The minimum atomic E-state index is -0.581. The average molecular weight is 182 g/mol. The zero-order valence-corrected chi connectivity index (χ0v) is 6.33. The highest BCUT2D eigenvalue weighted by atomic mass is 19.1. The summed E-state index contributed by atoms with van der Waals surface area (Å²) < 4.78 is 25.7. The van der Waals surface area contributed by atoms with Crippen molar-refractivity contribution in [2.24, 2.45) is 0 Å². The number of nitrogens with zero attached hydrogens (tertiary/aromatic N) is 3. The lowest BCUT2D eigenvalue weighted by atomic mass is 10.2. The zero-order valence-electron chi connectivity index (χ0n) is 6.33. The van der Waals surface area contributed by atoms with Gasteiger partial charge in [0.2, 0.25) is 5.82 Å². The van der Waals surface area contributed by atoms with Gasteiger partial charge in [0.15, 0.2) is 0 Å². The fourth-order valence-corrected chi connectivity index (χ4v) is 0.945. The van der Waals surface area contributed by atoms with Gasteiger partial charge in [-0.2, -0.15) is 5.21 Å². The van der Waals surface area contributed by atoms with Crippen molar-refractivity contribution in [2.75, 3.05) is 0 Å². The highest BCUT2D eigenvalue weighted by Gasteiger charge is 2.09. The van der Waals surface area contributed by atoms with E-state index in [1.807, 2.05) is 0 Å². The van der Waals surface area contributed by atoms with Crippen LogP contribution in [0.4, 0.5) is 8.78 Å². The lowest BCUT2D eigenvalue weighted by molar-refractivity contribution is 0.602. The number of halogens is 2. The van der Waals surface area contributed by atoms with Gasteiger partial charge in [0.1, 0.15) is 11.6 Å². The molecule has 1 aromatic heterocycles. The van der Waals surface area contributed by atoms with Crippen LogP contribution in [0.25, 0.3) is 11.4 Å². The van der Waals surface area contributed by atoms with Crippen LogP contribution >= 0.6 is 0 Å². The van der Waals surface area contributed by atoms with E-state index in [9.17, 15) is 8.78 Å². The van der Waals surface area contributed by atoms with Gasteiger partial charge >= 0.3 is 0 Å². The van der Waals surface area contributed by atoms with Crippen LogP contribution in [0.1, 0.15) is 0 Å². The van der Waals surface area contributed by atoms with Crippen molar-refractivity contribution in [3.8, 4) is 11.4 Å². The van der Waals surface area contributed by atoms with E-state index in [-0.39, 0.29) is 11.4 Å². The van der Waals surface area contributed by atoms with Crippen LogP contribution < -0.4 is 0 Å². The molecule has 13 heavy (non-hydrogen) atoms. The second-order valence-electron chi connectivity index (χ2n) is 2.36. The smallest absolute Gasteiger partial charge is 0.207 e. The monoisotopic (exact) mass is 182 g/mol. The molecule has 0 radical (unpaired) electrons. The van der Waals surface area contributed by atoms with Crippen molar-refractivity contribution >= 4 is 0 Å². The van der Waals surface area contributed by atoms with E-state index < -0.39 is 11.6 Å². The third-order valence-corrected chi connectivity index (χ3v) is 1.51. The molecule has 0 unspecified atom stereocenters. The molecule has 1 heterocycles. The fourth-order valence-electron chi connectivity index (χ4n) is 0.945. The van der Waals surface area contributed by atoms with Crippen molar-refractivity contribution in [2.45, 2.75) is 0 Å². The van der Waals surface area contributed by atoms with E-state index in [1.165, 1.54) is 0 Å². The van der Waals surface area contributed by atoms with Gasteiger partial charge in [0.05, 0.1) is 5.56 Å². The summed E-state index contributed by atoms with van der Waals surface area (Å²) in [5.74, 6) is -1.08. The van der Waals surface area contributed by atoms with Crippen LogP contribution in [-0.4, -0.2) is 20.6 Å². The summed E-state index contributed by atoms with van der Waals surface area (Å²) in [7, 11) is 0. The van der Waals surface area contributed by atoms with Gasteiger partial charge in [-0.1, -0.05) is 0 Å². The summed E-state index contributed by atoms with van der Waals surface area (Å²) in [6, 6.07) is 3.06. The van der Waals surface area contributed by atoms with Crippen molar-refractivity contribution in [1.29, 1.82) is 0 Å². The van der Waals surface area contributed by atoms with Gasteiger partial charge in [-0.3, -0.25) is 0 Å². The van der Waals surface area contributed by atoms with Crippen LogP contribution in [0.5, 0.6) is 0 Å². The van der Waals surface area contributed by atoms with E-state index in [1.54, 1.807) is 0 Å². The molecule has 66 valence electrons. The lowest BCUT2D eigenvalue weighted by Crippen LogP contribution is -1.88. The number of nitrogens with one attached hydrogen (secondary N) is 1. The minimum absolute atomic E-state index is 0.00579.